The molecule has 0 unspecified atom stereocenters. The lowest BCUT2D eigenvalue weighted by molar-refractivity contribution is 0.102. The van der Waals surface area contributed by atoms with Gasteiger partial charge in [0.05, 0.1) is 11.9 Å². The van der Waals surface area contributed by atoms with Gasteiger partial charge in [0.15, 0.2) is 0 Å². The van der Waals surface area contributed by atoms with Gasteiger partial charge in [0.25, 0.3) is 5.91 Å². The van der Waals surface area contributed by atoms with E-state index in [-0.39, 0.29) is 5.91 Å². The molecule has 0 bridgehead atoms. The Labute approximate surface area is 181 Å². The van der Waals surface area contributed by atoms with Crippen LogP contribution in [0.4, 0.5) is 11.5 Å². The molecule has 156 valence electrons. The summed E-state index contributed by atoms with van der Waals surface area (Å²) in [7, 11) is 2.13. The molecule has 1 N–H and O–H groups in total. The number of rotatable bonds is 5. The Hall–Kier alpha value is -2.77. The van der Waals surface area contributed by atoms with Crippen molar-refractivity contribution in [2.24, 2.45) is 0 Å². The summed E-state index contributed by atoms with van der Waals surface area (Å²) in [6.45, 7) is 8.35. The van der Waals surface area contributed by atoms with Crippen LogP contribution in [-0.4, -0.2) is 54.0 Å². The molecule has 0 atom stereocenters. The summed E-state index contributed by atoms with van der Waals surface area (Å²) in [5, 5.41) is 5.55. The fraction of sp³-hybridized carbons (Fsp3) is 0.348. The monoisotopic (exact) mass is 421 g/mol. The van der Waals surface area contributed by atoms with E-state index in [0.717, 1.165) is 42.6 Å². The average Bonchev–Trinajstić information content (AvgIpc) is 3.25. The van der Waals surface area contributed by atoms with E-state index in [1.807, 2.05) is 12.1 Å². The minimum Gasteiger partial charge on any atom is -0.354 e. The Kier molecular flexibility index (Phi) is 6.11. The minimum atomic E-state index is -0.217. The molecular formula is C23H27N5OS. The zero-order chi connectivity index (χ0) is 21.1. The second kappa shape index (κ2) is 8.93. The molecule has 0 aliphatic carbocycles. The maximum Gasteiger partial charge on any atom is 0.275 e. The third kappa shape index (κ3) is 4.68. The summed E-state index contributed by atoms with van der Waals surface area (Å²) in [5.74, 6) is 1.22. The van der Waals surface area contributed by atoms with Gasteiger partial charge in [-0.2, -0.15) is 0 Å². The number of thiazole rings is 1. The van der Waals surface area contributed by atoms with Gasteiger partial charge >= 0.3 is 0 Å². The third-order valence-corrected chi connectivity index (χ3v) is 6.29. The summed E-state index contributed by atoms with van der Waals surface area (Å²) < 4.78 is 0. The largest absolute Gasteiger partial charge is 0.354 e. The van der Waals surface area contributed by atoms with Gasteiger partial charge in [-0.15, -0.1) is 11.3 Å². The molecule has 4 rings (SSSR count). The molecule has 0 spiro atoms. The first-order chi connectivity index (χ1) is 14.5. The molecular weight excluding hydrogens is 394 g/mol. The van der Waals surface area contributed by atoms with Gasteiger partial charge in [-0.05, 0) is 30.7 Å². The SMILES string of the molecule is CC(C)c1ccc(-c2nc(C(=O)Nc3ccc(N4CCN(C)CC4)nc3)cs2)cc1. The number of aromatic nitrogens is 2. The number of carbonyl (C=O) groups is 1. The van der Waals surface area contributed by atoms with Crippen LogP contribution in [0.15, 0.2) is 48.0 Å². The molecule has 1 fully saturated rings. The Bertz CT molecular complexity index is 989. The van der Waals surface area contributed by atoms with Crippen LogP contribution in [0.2, 0.25) is 0 Å². The fourth-order valence-corrected chi connectivity index (χ4v) is 4.21. The van der Waals surface area contributed by atoms with Crippen LogP contribution in [-0.2, 0) is 0 Å². The Morgan fingerprint density at radius 3 is 2.43 bits per heavy atom. The van der Waals surface area contributed by atoms with Gasteiger partial charge in [0, 0.05) is 37.1 Å². The van der Waals surface area contributed by atoms with Crippen molar-refractivity contribution in [2.45, 2.75) is 19.8 Å². The Morgan fingerprint density at radius 2 is 1.80 bits per heavy atom. The lowest BCUT2D eigenvalue weighted by Crippen LogP contribution is -2.44. The Morgan fingerprint density at radius 1 is 1.07 bits per heavy atom. The second-order valence-corrected chi connectivity index (χ2v) is 8.82. The van der Waals surface area contributed by atoms with Gasteiger partial charge in [0.1, 0.15) is 16.5 Å². The molecule has 7 heteroatoms. The second-order valence-electron chi connectivity index (χ2n) is 7.96. The highest BCUT2D eigenvalue weighted by molar-refractivity contribution is 7.13. The van der Waals surface area contributed by atoms with E-state index in [1.54, 1.807) is 11.6 Å². The first kappa shape index (κ1) is 20.5. The quantitative estimate of drug-likeness (QED) is 0.664. The number of pyridine rings is 1. The number of carbonyl (C=O) groups excluding carboxylic acids is 1. The molecule has 0 radical (unpaired) electrons. The summed E-state index contributed by atoms with van der Waals surface area (Å²) in [6, 6.07) is 12.2. The number of nitrogens with zero attached hydrogens (tertiary/aromatic N) is 4. The van der Waals surface area contributed by atoms with Crippen LogP contribution < -0.4 is 10.2 Å². The lowest BCUT2D eigenvalue weighted by atomic mass is 10.0. The number of benzene rings is 1. The minimum absolute atomic E-state index is 0.217. The smallest absolute Gasteiger partial charge is 0.275 e. The van der Waals surface area contributed by atoms with Gasteiger partial charge < -0.3 is 15.1 Å². The lowest BCUT2D eigenvalue weighted by Gasteiger charge is -2.33. The zero-order valence-corrected chi connectivity index (χ0v) is 18.4. The van der Waals surface area contributed by atoms with Crippen molar-refractivity contribution in [2.75, 3.05) is 43.4 Å². The van der Waals surface area contributed by atoms with E-state index in [0.29, 0.717) is 17.3 Å². The summed E-state index contributed by atoms with van der Waals surface area (Å²) >= 11 is 1.48. The maximum absolute atomic E-state index is 12.6. The normalized spacial score (nSPS) is 14.9. The van der Waals surface area contributed by atoms with E-state index in [2.05, 4.69) is 70.2 Å². The molecule has 6 nitrogen and oxygen atoms in total. The molecule has 3 heterocycles. The molecule has 1 aromatic carbocycles. The first-order valence-corrected chi connectivity index (χ1v) is 11.1. The highest BCUT2D eigenvalue weighted by Gasteiger charge is 2.16. The predicted octanol–water partition coefficient (Wildman–Crippen LogP) is 4.33. The van der Waals surface area contributed by atoms with Gasteiger partial charge in [-0.1, -0.05) is 38.1 Å². The summed E-state index contributed by atoms with van der Waals surface area (Å²) in [5.41, 5.74) is 3.42. The topological polar surface area (TPSA) is 61.4 Å². The van der Waals surface area contributed by atoms with Crippen LogP contribution in [0, 0.1) is 0 Å². The molecule has 0 saturated carbocycles. The number of hydrogen-bond acceptors (Lipinski definition) is 6. The molecule has 1 saturated heterocycles. The van der Waals surface area contributed by atoms with Crippen molar-refractivity contribution in [3.8, 4) is 10.6 Å². The number of piperazine rings is 1. The van der Waals surface area contributed by atoms with Gasteiger partial charge in [0.2, 0.25) is 0 Å². The van der Waals surface area contributed by atoms with E-state index in [9.17, 15) is 4.79 Å². The Balaban J connectivity index is 1.39. The number of anilines is 2. The van der Waals surface area contributed by atoms with Crippen molar-refractivity contribution < 1.29 is 4.79 Å². The van der Waals surface area contributed by atoms with Crippen molar-refractivity contribution in [1.29, 1.82) is 0 Å². The van der Waals surface area contributed by atoms with Crippen molar-refractivity contribution in [3.63, 3.8) is 0 Å². The summed E-state index contributed by atoms with van der Waals surface area (Å²) in [6.07, 6.45) is 1.71. The van der Waals surface area contributed by atoms with Crippen LogP contribution >= 0.6 is 11.3 Å². The standard InChI is InChI=1S/C23H27N5OS/c1-16(2)17-4-6-18(7-5-17)23-26-20(15-30-23)22(29)25-19-8-9-21(24-14-19)28-12-10-27(3)11-13-28/h4-9,14-16H,10-13H2,1-3H3,(H,25,29). The van der Waals surface area contributed by atoms with Crippen LogP contribution in [0.3, 0.4) is 0 Å². The van der Waals surface area contributed by atoms with Crippen molar-refractivity contribution in [1.82, 2.24) is 14.9 Å². The van der Waals surface area contributed by atoms with Crippen molar-refractivity contribution >= 4 is 28.7 Å². The maximum atomic E-state index is 12.6. The van der Waals surface area contributed by atoms with Crippen LogP contribution in [0.25, 0.3) is 10.6 Å². The molecule has 30 heavy (non-hydrogen) atoms. The van der Waals surface area contributed by atoms with Crippen LogP contribution in [0.1, 0.15) is 35.8 Å². The first-order valence-electron chi connectivity index (χ1n) is 10.3. The third-order valence-electron chi connectivity index (χ3n) is 5.39. The molecule has 1 amide bonds. The molecule has 2 aromatic heterocycles. The average molecular weight is 422 g/mol. The fourth-order valence-electron chi connectivity index (χ4n) is 3.40. The highest BCUT2D eigenvalue weighted by Crippen LogP contribution is 2.26. The number of amides is 1. The number of hydrogen-bond donors (Lipinski definition) is 1. The van der Waals surface area contributed by atoms with E-state index < -0.39 is 0 Å². The molecule has 3 aromatic rings. The van der Waals surface area contributed by atoms with Gasteiger partial charge in [-0.25, -0.2) is 9.97 Å². The van der Waals surface area contributed by atoms with Crippen molar-refractivity contribution in [3.05, 3.63) is 59.2 Å². The highest BCUT2D eigenvalue weighted by atomic mass is 32.1. The molecule has 1 aliphatic heterocycles. The van der Waals surface area contributed by atoms with E-state index in [4.69, 9.17) is 0 Å². The van der Waals surface area contributed by atoms with Crippen LogP contribution in [0.5, 0.6) is 0 Å². The zero-order valence-electron chi connectivity index (χ0n) is 17.6. The van der Waals surface area contributed by atoms with Gasteiger partial charge in [-0.3, -0.25) is 4.79 Å². The molecule has 1 aliphatic rings. The number of nitrogens with one attached hydrogen (secondary N) is 1. The van der Waals surface area contributed by atoms with E-state index >= 15 is 0 Å². The predicted molar refractivity (Wildman–Crippen MR) is 124 cm³/mol. The van der Waals surface area contributed by atoms with E-state index in [1.165, 1.54) is 16.9 Å². The number of likely N-dealkylation sites (N-methyl/N-ethyl adjacent to an activating group) is 1. The summed E-state index contributed by atoms with van der Waals surface area (Å²) in [4.78, 5) is 26.2.